The zero-order valence-corrected chi connectivity index (χ0v) is 41.4. The minimum atomic E-state index is -0.407. The molecule has 3 N–H and O–H groups in total. The highest BCUT2D eigenvalue weighted by molar-refractivity contribution is 6.58. The van der Waals surface area contributed by atoms with Gasteiger partial charge in [-0.25, -0.2) is 0 Å². The molecule has 2 aromatic carbocycles. The van der Waals surface area contributed by atoms with Crippen molar-refractivity contribution in [2.24, 2.45) is 29.6 Å². The van der Waals surface area contributed by atoms with Gasteiger partial charge < -0.3 is 20.1 Å². The van der Waals surface area contributed by atoms with Crippen LogP contribution >= 0.6 is 23.2 Å². The maximum atomic E-state index is 10.5. The normalized spacial score (nSPS) is 20.4. The lowest BCUT2D eigenvalue weighted by atomic mass is 9.68. The number of fused-ring (bicyclic) bond motifs is 3. The van der Waals surface area contributed by atoms with Crippen molar-refractivity contribution < 1.29 is 20.1 Å². The molecule has 5 rings (SSSR count). The maximum absolute atomic E-state index is 10.5. The van der Waals surface area contributed by atoms with Crippen LogP contribution in [0, 0.1) is 29.6 Å². The molecule has 0 saturated heterocycles. The van der Waals surface area contributed by atoms with Gasteiger partial charge in [0.2, 0.25) is 0 Å². The number of hydrogen-bond acceptors (Lipinski definition) is 4. The van der Waals surface area contributed by atoms with Crippen molar-refractivity contribution in [3.63, 3.8) is 0 Å². The fraction of sp³-hybridized carbons (Fsp3) is 0.647. The Morgan fingerprint density at radius 3 is 1.59 bits per heavy atom. The zero-order valence-electron chi connectivity index (χ0n) is 38.8. The SMILES string of the molecule is C=C(C)[C@H]1CCC(C)=C[C@@H]1c1c(O)cc(CCC)cc1O.CC(C)[CH2][Al]([CH2]C(C)C)[CH2]C(C)C.CCCc1cc(O)c2c(c1)OC(C)(C)[C@H]1CCC(C)=C[C@H]21.ClCCl. The van der Waals surface area contributed by atoms with Crippen molar-refractivity contribution in [3.05, 3.63) is 82.0 Å². The quantitative estimate of drug-likeness (QED) is 0.113. The fourth-order valence-electron chi connectivity index (χ4n) is 9.66. The lowest BCUT2D eigenvalue weighted by Crippen LogP contribution is -2.45. The van der Waals surface area contributed by atoms with E-state index in [4.69, 9.17) is 27.9 Å². The van der Waals surface area contributed by atoms with E-state index in [0.29, 0.717) is 17.2 Å². The highest BCUT2D eigenvalue weighted by Gasteiger charge is 2.45. The summed E-state index contributed by atoms with van der Waals surface area (Å²) in [5.74, 6) is 5.51. The summed E-state index contributed by atoms with van der Waals surface area (Å²) >= 11 is 9.12. The first-order chi connectivity index (χ1) is 27.2. The molecule has 4 nitrogen and oxygen atoms in total. The van der Waals surface area contributed by atoms with E-state index in [0.717, 1.165) is 91.6 Å². The topological polar surface area (TPSA) is 69.9 Å². The van der Waals surface area contributed by atoms with Gasteiger partial charge in [-0.15, -0.1) is 23.2 Å². The van der Waals surface area contributed by atoms with Crippen molar-refractivity contribution in [1.82, 2.24) is 0 Å². The molecule has 0 radical (unpaired) electrons. The van der Waals surface area contributed by atoms with Crippen molar-refractivity contribution in [2.75, 3.05) is 5.34 Å². The van der Waals surface area contributed by atoms with E-state index in [1.165, 1.54) is 16.7 Å². The third kappa shape index (κ3) is 16.1. The standard InChI is InChI=1S/2C19H26O2.3C4H9.CH2Cl2.Al/c1-5-6-13-10-16(20)18-14-9-12(2)7-8-15(14)19(3,4)21-17(18)11-13;1-5-6-14-10-17(20)19(18(21)11-14)16-9-13(4)7-8-15(16)12(2)3;3*1-4(2)3;2-1-3;/h9-11,14-15,20H,5-8H2,1-4H3;9-11,15-16,20-21H,2,5-8H2,1,3-4H3;3*4H,1H2,2-3H3;1H2;/t14-,15-;15-,16+;;;;;/m01...../s1. The molecule has 2 aromatic rings. The van der Waals surface area contributed by atoms with Crippen LogP contribution in [0.25, 0.3) is 0 Å². The summed E-state index contributed by atoms with van der Waals surface area (Å²) in [6.07, 6.45) is 12.8. The van der Waals surface area contributed by atoms with Gasteiger partial charge in [0, 0.05) is 28.9 Å². The largest absolute Gasteiger partial charge is 0.507 e. The molecule has 0 aromatic heterocycles. The number of aryl methyl sites for hydroxylation is 2. The van der Waals surface area contributed by atoms with Gasteiger partial charge in [-0.05, 0) is 114 Å². The Balaban J connectivity index is 0.000000299. The number of alkyl halides is 2. The van der Waals surface area contributed by atoms with Gasteiger partial charge in [-0.3, -0.25) is 0 Å². The number of halogens is 2. The Morgan fingerprint density at radius 2 is 1.16 bits per heavy atom. The number of hydrogen-bond donors (Lipinski definition) is 3. The van der Waals surface area contributed by atoms with E-state index < -0.39 is 14.1 Å². The van der Waals surface area contributed by atoms with E-state index >= 15 is 0 Å². The van der Waals surface area contributed by atoms with Crippen molar-refractivity contribution >= 4 is 37.4 Å². The number of rotatable bonds is 12. The van der Waals surface area contributed by atoms with E-state index in [1.54, 1.807) is 28.0 Å². The van der Waals surface area contributed by atoms with Gasteiger partial charge in [0.25, 0.3) is 14.1 Å². The number of benzene rings is 2. The van der Waals surface area contributed by atoms with E-state index in [2.05, 4.69) is 108 Å². The molecular formula is C51H81AlCl2O4. The zero-order chi connectivity index (χ0) is 43.9. The summed E-state index contributed by atoms with van der Waals surface area (Å²) in [5.41, 5.74) is 7.48. The Morgan fingerprint density at radius 1 is 0.741 bits per heavy atom. The molecule has 0 bridgehead atoms. The van der Waals surface area contributed by atoms with Crippen LogP contribution in [0.2, 0.25) is 15.8 Å². The van der Waals surface area contributed by atoms with Gasteiger partial charge in [0.05, 0.1) is 5.34 Å². The van der Waals surface area contributed by atoms with Gasteiger partial charge in [0.15, 0.2) is 0 Å². The molecule has 0 unspecified atom stereocenters. The predicted molar refractivity (Wildman–Crippen MR) is 255 cm³/mol. The van der Waals surface area contributed by atoms with Crippen LogP contribution in [0.4, 0.5) is 0 Å². The number of aromatic hydroxyl groups is 3. The van der Waals surface area contributed by atoms with Crippen LogP contribution in [0.3, 0.4) is 0 Å². The number of ether oxygens (including phenoxy) is 1. The van der Waals surface area contributed by atoms with Crippen LogP contribution in [-0.4, -0.2) is 40.4 Å². The second-order valence-electron chi connectivity index (χ2n) is 19.3. The molecule has 2 aliphatic carbocycles. The molecule has 1 aliphatic heterocycles. The minimum Gasteiger partial charge on any atom is -0.507 e. The molecule has 58 heavy (non-hydrogen) atoms. The predicted octanol–water partition coefficient (Wildman–Crippen LogP) is 15.9. The highest BCUT2D eigenvalue weighted by atomic mass is 35.5. The van der Waals surface area contributed by atoms with Crippen molar-refractivity contribution in [1.29, 1.82) is 0 Å². The molecule has 4 atom stereocenters. The molecule has 0 spiro atoms. The Labute approximate surface area is 370 Å². The second kappa shape index (κ2) is 25.0. The van der Waals surface area contributed by atoms with Gasteiger partial charge >= 0.3 is 0 Å². The molecule has 7 heteroatoms. The van der Waals surface area contributed by atoms with Crippen LogP contribution in [-0.2, 0) is 12.8 Å². The molecule has 326 valence electrons. The Kier molecular flexibility index (Phi) is 22.5. The van der Waals surface area contributed by atoms with Crippen LogP contribution < -0.4 is 4.74 Å². The van der Waals surface area contributed by atoms with Crippen molar-refractivity contribution in [3.8, 4) is 23.0 Å². The molecule has 3 aliphatic rings. The van der Waals surface area contributed by atoms with Crippen LogP contribution in [0.1, 0.15) is 163 Å². The fourth-order valence-corrected chi connectivity index (χ4v) is 14.2. The first-order valence-electron chi connectivity index (χ1n) is 22.4. The lowest BCUT2D eigenvalue weighted by molar-refractivity contribution is 0.0107. The summed E-state index contributed by atoms with van der Waals surface area (Å²) < 4.78 is 6.30. The van der Waals surface area contributed by atoms with Crippen LogP contribution in [0.15, 0.2) is 59.7 Å². The number of allylic oxidation sites excluding steroid dienone is 5. The Hall–Kier alpha value is -2.03. The van der Waals surface area contributed by atoms with Gasteiger partial charge in [0.1, 0.15) is 28.6 Å². The van der Waals surface area contributed by atoms with Crippen LogP contribution in [0.5, 0.6) is 23.0 Å². The van der Waals surface area contributed by atoms with Crippen molar-refractivity contribution in [2.45, 2.75) is 175 Å². The summed E-state index contributed by atoms with van der Waals surface area (Å²) in [6, 6.07) is 7.66. The molecule has 0 saturated carbocycles. The average molecular weight is 856 g/mol. The number of phenols is 3. The minimum absolute atomic E-state index is 0.0203. The first kappa shape index (κ1) is 52.1. The van der Waals surface area contributed by atoms with E-state index in [-0.39, 0.29) is 40.2 Å². The summed E-state index contributed by atoms with van der Waals surface area (Å²) in [6.45, 7) is 33.3. The monoisotopic (exact) mass is 855 g/mol. The highest BCUT2D eigenvalue weighted by Crippen LogP contribution is 2.53. The van der Waals surface area contributed by atoms with Gasteiger partial charge in [-0.2, -0.15) is 0 Å². The Bertz CT molecular complexity index is 1590. The second-order valence-corrected chi connectivity index (χ2v) is 23.3. The van der Waals surface area contributed by atoms with Gasteiger partial charge in [-0.1, -0.05) is 137 Å². The van der Waals surface area contributed by atoms with E-state index in [1.807, 2.05) is 13.0 Å². The van der Waals surface area contributed by atoms with E-state index in [9.17, 15) is 15.3 Å². The smallest absolute Gasteiger partial charge is 0.262 e. The maximum Gasteiger partial charge on any atom is 0.262 e. The first-order valence-corrected chi connectivity index (χ1v) is 25.9. The summed E-state index contributed by atoms with van der Waals surface area (Å²) in [5, 5.41) is 36.2. The summed E-state index contributed by atoms with van der Waals surface area (Å²) in [7, 11) is 0. The molecule has 1 heterocycles. The molecular weight excluding hydrogens is 774 g/mol. The molecule has 0 amide bonds. The number of phenolic OH excluding ortho intramolecular Hbond substituents is 3. The summed E-state index contributed by atoms with van der Waals surface area (Å²) in [4.78, 5) is 0. The molecule has 0 fully saturated rings. The lowest BCUT2D eigenvalue weighted by Gasteiger charge is -2.46. The average Bonchev–Trinajstić information content (AvgIpc) is 3.07. The third-order valence-electron chi connectivity index (χ3n) is 11.9. The third-order valence-corrected chi connectivity index (χ3v) is 16.8.